The van der Waals surface area contributed by atoms with Gasteiger partial charge in [-0.3, -0.25) is 0 Å². The van der Waals surface area contributed by atoms with Gasteiger partial charge in [-0.2, -0.15) is 0 Å². The van der Waals surface area contributed by atoms with Gasteiger partial charge in [0.1, 0.15) is 6.10 Å². The number of carbonyl (C=O) groups excluding carboxylic acids is 1. The van der Waals surface area contributed by atoms with Crippen LogP contribution in [0.15, 0.2) is 23.8 Å². The molecule has 0 radical (unpaired) electrons. The van der Waals surface area contributed by atoms with Gasteiger partial charge in [-0.1, -0.05) is 142 Å². The van der Waals surface area contributed by atoms with E-state index in [1.54, 1.807) is 5.57 Å². The second-order valence-corrected chi connectivity index (χ2v) is 18.3. The Bertz CT molecular complexity index is 1010. The highest BCUT2D eigenvalue weighted by molar-refractivity contribution is 5.60. The maximum absolute atomic E-state index is 12.6. The lowest BCUT2D eigenvalue weighted by molar-refractivity contribution is -0.0617. The standard InChI is InChI=1S/C46H80O3/c1-7-8-9-10-11-12-13-14-15-16-17-18-19-20-21-22-34-48-44(47)49-39-30-32-45(5)38(35-39)26-27-40-42-29-28-41(37(4)25-23-24-36(2)3)46(42,6)33-31-43(40)45/h14-15,26,36-37,39-43H,7-13,16-25,27-35H2,1-6H3/b15-14-/t37?,39-,40-,41+,42-,43-,45-,46+/m0/s1. The zero-order valence-corrected chi connectivity index (χ0v) is 33.4. The average Bonchev–Trinajstić information content (AvgIpc) is 3.43. The Hall–Kier alpha value is -1.25. The van der Waals surface area contributed by atoms with Crippen molar-refractivity contribution < 1.29 is 14.3 Å². The van der Waals surface area contributed by atoms with E-state index in [2.05, 4.69) is 59.8 Å². The van der Waals surface area contributed by atoms with Crippen molar-refractivity contribution in [2.75, 3.05) is 6.61 Å². The molecule has 4 rings (SSSR count). The number of hydrogen-bond acceptors (Lipinski definition) is 3. The van der Waals surface area contributed by atoms with Gasteiger partial charge in [0.25, 0.3) is 0 Å². The van der Waals surface area contributed by atoms with E-state index in [0.29, 0.717) is 17.4 Å². The van der Waals surface area contributed by atoms with Crippen LogP contribution in [0.1, 0.15) is 202 Å². The molecule has 3 heteroatoms. The molecular formula is C46H80O3. The third-order valence-electron chi connectivity index (χ3n) is 14.4. The zero-order valence-electron chi connectivity index (χ0n) is 33.4. The lowest BCUT2D eigenvalue weighted by atomic mass is 9.47. The van der Waals surface area contributed by atoms with Gasteiger partial charge in [-0.15, -0.1) is 0 Å². The Morgan fingerprint density at radius 3 is 2.16 bits per heavy atom. The summed E-state index contributed by atoms with van der Waals surface area (Å²) in [6, 6.07) is 0. The number of hydrogen-bond donors (Lipinski definition) is 0. The van der Waals surface area contributed by atoms with Gasteiger partial charge in [0, 0.05) is 6.42 Å². The molecule has 0 aromatic rings. The van der Waals surface area contributed by atoms with Crippen LogP contribution in [0.3, 0.4) is 0 Å². The minimum Gasteiger partial charge on any atom is -0.434 e. The fraction of sp³-hybridized carbons (Fsp3) is 0.891. The molecule has 4 aliphatic carbocycles. The van der Waals surface area contributed by atoms with E-state index < -0.39 is 6.16 Å². The van der Waals surface area contributed by atoms with Crippen LogP contribution < -0.4 is 0 Å². The predicted molar refractivity (Wildman–Crippen MR) is 209 cm³/mol. The SMILES string of the molecule is CCCCCCCC/C=C\CCCCCCCCOC(=O)O[C@H]1CC[C@@]2(C)C(=CC[C@H]3[C@@H]4CC[C@H](C(C)CCCC(C)C)[C@@]4(C)CC[C@@H]32)C1. The summed E-state index contributed by atoms with van der Waals surface area (Å²) in [5.41, 5.74) is 2.42. The van der Waals surface area contributed by atoms with Crippen LogP contribution in [-0.2, 0) is 9.47 Å². The molecular weight excluding hydrogens is 601 g/mol. The van der Waals surface area contributed by atoms with Crippen molar-refractivity contribution in [2.24, 2.45) is 46.3 Å². The lowest BCUT2D eigenvalue weighted by Crippen LogP contribution is -2.51. The van der Waals surface area contributed by atoms with Gasteiger partial charge in [0.2, 0.25) is 0 Å². The zero-order chi connectivity index (χ0) is 35.1. The fourth-order valence-electron chi connectivity index (χ4n) is 11.4. The first-order chi connectivity index (χ1) is 23.7. The molecule has 0 bridgehead atoms. The summed E-state index contributed by atoms with van der Waals surface area (Å²) in [6.07, 6.45) is 39.2. The van der Waals surface area contributed by atoms with Crippen molar-refractivity contribution in [3.63, 3.8) is 0 Å². The van der Waals surface area contributed by atoms with Gasteiger partial charge in [-0.25, -0.2) is 4.79 Å². The third-order valence-corrected chi connectivity index (χ3v) is 14.4. The summed E-state index contributed by atoms with van der Waals surface area (Å²) in [5, 5.41) is 0. The second kappa shape index (κ2) is 20.7. The van der Waals surface area contributed by atoms with Crippen LogP contribution in [0.5, 0.6) is 0 Å². The minimum absolute atomic E-state index is 0.0142. The lowest BCUT2D eigenvalue weighted by Gasteiger charge is -2.58. The summed E-state index contributed by atoms with van der Waals surface area (Å²) in [4.78, 5) is 12.6. The van der Waals surface area contributed by atoms with Crippen LogP contribution in [0.2, 0.25) is 0 Å². The van der Waals surface area contributed by atoms with Gasteiger partial charge in [0.05, 0.1) is 6.61 Å². The largest absolute Gasteiger partial charge is 0.508 e. The Balaban J connectivity index is 1.08. The van der Waals surface area contributed by atoms with Crippen molar-refractivity contribution in [3.8, 4) is 0 Å². The molecule has 8 atom stereocenters. The molecule has 282 valence electrons. The summed E-state index contributed by atoms with van der Waals surface area (Å²) in [5.74, 6) is 5.15. The molecule has 0 aliphatic heterocycles. The smallest absolute Gasteiger partial charge is 0.434 e. The van der Waals surface area contributed by atoms with Crippen molar-refractivity contribution in [1.29, 1.82) is 0 Å². The van der Waals surface area contributed by atoms with Crippen molar-refractivity contribution >= 4 is 6.16 Å². The highest BCUT2D eigenvalue weighted by Crippen LogP contribution is 2.67. The molecule has 0 heterocycles. The van der Waals surface area contributed by atoms with E-state index in [-0.39, 0.29) is 6.10 Å². The van der Waals surface area contributed by atoms with Crippen molar-refractivity contribution in [1.82, 2.24) is 0 Å². The highest BCUT2D eigenvalue weighted by Gasteiger charge is 2.59. The topological polar surface area (TPSA) is 35.5 Å². The van der Waals surface area contributed by atoms with E-state index in [4.69, 9.17) is 9.47 Å². The van der Waals surface area contributed by atoms with E-state index in [1.165, 1.54) is 128 Å². The monoisotopic (exact) mass is 681 g/mol. The first-order valence-corrected chi connectivity index (χ1v) is 21.9. The first-order valence-electron chi connectivity index (χ1n) is 21.9. The highest BCUT2D eigenvalue weighted by atomic mass is 16.7. The van der Waals surface area contributed by atoms with Crippen molar-refractivity contribution in [3.05, 3.63) is 23.8 Å². The summed E-state index contributed by atoms with van der Waals surface area (Å²) < 4.78 is 11.5. The maximum atomic E-state index is 12.6. The van der Waals surface area contributed by atoms with Crippen LogP contribution in [0, 0.1) is 46.3 Å². The number of carbonyl (C=O) groups is 1. The molecule has 0 amide bonds. The van der Waals surface area contributed by atoms with Gasteiger partial charge >= 0.3 is 6.16 Å². The van der Waals surface area contributed by atoms with E-state index in [0.717, 1.165) is 67.6 Å². The predicted octanol–water partition coefficient (Wildman–Crippen LogP) is 14.6. The van der Waals surface area contributed by atoms with Crippen LogP contribution in [-0.4, -0.2) is 18.9 Å². The average molecular weight is 681 g/mol. The third kappa shape index (κ3) is 11.6. The fourth-order valence-corrected chi connectivity index (χ4v) is 11.4. The number of rotatable bonds is 22. The first kappa shape index (κ1) is 40.5. The molecule has 3 nitrogen and oxygen atoms in total. The van der Waals surface area contributed by atoms with Crippen LogP contribution in [0.25, 0.3) is 0 Å². The van der Waals surface area contributed by atoms with Gasteiger partial charge in [0.15, 0.2) is 0 Å². The molecule has 3 saturated carbocycles. The second-order valence-electron chi connectivity index (χ2n) is 18.3. The number of allylic oxidation sites excluding steroid dienone is 3. The quantitative estimate of drug-likeness (QED) is 0.0648. The van der Waals surface area contributed by atoms with Crippen LogP contribution in [0.4, 0.5) is 4.79 Å². The minimum atomic E-state index is -0.441. The molecule has 0 aromatic heterocycles. The maximum Gasteiger partial charge on any atom is 0.508 e. The Morgan fingerprint density at radius 2 is 1.47 bits per heavy atom. The van der Waals surface area contributed by atoms with E-state index in [1.807, 2.05) is 0 Å². The molecule has 0 spiro atoms. The Morgan fingerprint density at radius 1 is 0.796 bits per heavy atom. The normalized spacial score (nSPS) is 31.7. The number of unbranched alkanes of at least 4 members (excludes halogenated alkanes) is 12. The van der Waals surface area contributed by atoms with E-state index in [9.17, 15) is 4.79 Å². The molecule has 0 N–H and O–H groups in total. The molecule has 3 fully saturated rings. The molecule has 49 heavy (non-hydrogen) atoms. The summed E-state index contributed by atoms with van der Waals surface area (Å²) in [7, 11) is 0. The number of fused-ring (bicyclic) bond motifs is 5. The Labute approximate surface area is 304 Å². The van der Waals surface area contributed by atoms with Crippen molar-refractivity contribution in [2.45, 2.75) is 208 Å². The van der Waals surface area contributed by atoms with E-state index >= 15 is 0 Å². The molecule has 0 aromatic carbocycles. The van der Waals surface area contributed by atoms with Crippen LogP contribution >= 0.6 is 0 Å². The molecule has 4 aliphatic rings. The number of ether oxygens (including phenoxy) is 2. The van der Waals surface area contributed by atoms with Gasteiger partial charge < -0.3 is 9.47 Å². The summed E-state index contributed by atoms with van der Waals surface area (Å²) >= 11 is 0. The molecule has 0 saturated heterocycles. The Kier molecular flexibility index (Phi) is 17.1. The molecule has 1 unspecified atom stereocenters. The summed E-state index contributed by atoms with van der Waals surface area (Å²) in [6.45, 7) is 15.4. The van der Waals surface area contributed by atoms with Gasteiger partial charge in [-0.05, 0) is 123 Å².